The first kappa shape index (κ1) is 12.1. The fraction of sp³-hybridized carbons (Fsp3) is 0.167. The zero-order valence-corrected chi connectivity index (χ0v) is 10.7. The van der Waals surface area contributed by atoms with Gasteiger partial charge in [-0.05, 0) is 18.6 Å². The van der Waals surface area contributed by atoms with Gasteiger partial charge in [-0.15, -0.1) is 0 Å². The Morgan fingerprint density at radius 1 is 1.18 bits per heavy atom. The van der Waals surface area contributed by atoms with Crippen LogP contribution in [0.5, 0.6) is 0 Å². The molecule has 0 amide bonds. The van der Waals surface area contributed by atoms with Crippen LogP contribution in [0.4, 0.5) is 5.82 Å². The number of hydrogen-bond acceptors (Lipinski definition) is 3. The van der Waals surface area contributed by atoms with E-state index in [1.54, 1.807) is 6.07 Å². The highest BCUT2D eigenvalue weighted by Crippen LogP contribution is 2.25. The first-order valence-electron chi connectivity index (χ1n) is 5.15. The monoisotopic (exact) mass is 267 g/mol. The van der Waals surface area contributed by atoms with Crippen molar-refractivity contribution < 1.29 is 0 Å². The SMILES string of the molecule is CC(Nc1cc(Cl)ncn1)c1ccccc1Cl. The fourth-order valence-corrected chi connectivity index (χ4v) is 1.98. The number of anilines is 1. The van der Waals surface area contributed by atoms with Crippen LogP contribution in [0.1, 0.15) is 18.5 Å². The van der Waals surface area contributed by atoms with E-state index in [4.69, 9.17) is 23.2 Å². The molecule has 5 heteroatoms. The molecule has 88 valence electrons. The topological polar surface area (TPSA) is 37.8 Å². The smallest absolute Gasteiger partial charge is 0.134 e. The molecule has 2 aromatic rings. The Balaban J connectivity index is 2.17. The van der Waals surface area contributed by atoms with Crippen LogP contribution in [-0.2, 0) is 0 Å². The molecule has 1 N–H and O–H groups in total. The molecule has 2 rings (SSSR count). The summed E-state index contributed by atoms with van der Waals surface area (Å²) in [7, 11) is 0. The van der Waals surface area contributed by atoms with Gasteiger partial charge in [-0.1, -0.05) is 41.4 Å². The molecule has 3 nitrogen and oxygen atoms in total. The Labute approximate surface area is 110 Å². The van der Waals surface area contributed by atoms with Crippen molar-refractivity contribution in [2.75, 3.05) is 5.32 Å². The van der Waals surface area contributed by atoms with Crippen LogP contribution in [0, 0.1) is 0 Å². The number of hydrogen-bond donors (Lipinski definition) is 1. The van der Waals surface area contributed by atoms with Crippen molar-refractivity contribution in [3.63, 3.8) is 0 Å². The summed E-state index contributed by atoms with van der Waals surface area (Å²) in [5, 5.41) is 4.36. The third-order valence-corrected chi connectivity index (χ3v) is 2.92. The Morgan fingerprint density at radius 3 is 2.65 bits per heavy atom. The second-order valence-electron chi connectivity index (χ2n) is 3.61. The lowest BCUT2D eigenvalue weighted by molar-refractivity contribution is 0.872. The average Bonchev–Trinajstić information content (AvgIpc) is 2.29. The van der Waals surface area contributed by atoms with E-state index in [1.807, 2.05) is 31.2 Å². The largest absolute Gasteiger partial charge is 0.363 e. The summed E-state index contributed by atoms with van der Waals surface area (Å²) in [6.45, 7) is 2.01. The number of aromatic nitrogens is 2. The first-order valence-corrected chi connectivity index (χ1v) is 5.91. The van der Waals surface area contributed by atoms with Crippen molar-refractivity contribution in [2.24, 2.45) is 0 Å². The summed E-state index contributed by atoms with van der Waals surface area (Å²) in [6, 6.07) is 9.42. The maximum atomic E-state index is 6.12. The molecule has 1 unspecified atom stereocenters. The third kappa shape index (κ3) is 3.08. The molecular weight excluding hydrogens is 257 g/mol. The summed E-state index contributed by atoms with van der Waals surface area (Å²) in [6.07, 6.45) is 1.42. The molecule has 0 saturated carbocycles. The van der Waals surface area contributed by atoms with Gasteiger partial charge in [0.25, 0.3) is 0 Å². The highest BCUT2D eigenvalue weighted by molar-refractivity contribution is 6.31. The number of benzene rings is 1. The van der Waals surface area contributed by atoms with Crippen molar-refractivity contribution in [1.29, 1.82) is 0 Å². The highest BCUT2D eigenvalue weighted by Gasteiger charge is 2.09. The Hall–Kier alpha value is -1.32. The molecule has 0 radical (unpaired) electrons. The zero-order chi connectivity index (χ0) is 12.3. The van der Waals surface area contributed by atoms with E-state index in [0.29, 0.717) is 11.0 Å². The average molecular weight is 268 g/mol. The lowest BCUT2D eigenvalue weighted by Crippen LogP contribution is -2.08. The summed E-state index contributed by atoms with van der Waals surface area (Å²) >= 11 is 11.9. The van der Waals surface area contributed by atoms with E-state index >= 15 is 0 Å². The van der Waals surface area contributed by atoms with Crippen molar-refractivity contribution >= 4 is 29.0 Å². The van der Waals surface area contributed by atoms with Crippen LogP contribution in [0.15, 0.2) is 36.7 Å². The van der Waals surface area contributed by atoms with Gasteiger partial charge in [0, 0.05) is 11.1 Å². The molecule has 17 heavy (non-hydrogen) atoms. The molecular formula is C12H11Cl2N3. The summed E-state index contributed by atoms with van der Waals surface area (Å²) in [5.74, 6) is 0.678. The van der Waals surface area contributed by atoms with E-state index in [-0.39, 0.29) is 6.04 Å². The van der Waals surface area contributed by atoms with Gasteiger partial charge in [-0.25, -0.2) is 9.97 Å². The number of halogens is 2. The molecule has 1 heterocycles. The van der Waals surface area contributed by atoms with E-state index < -0.39 is 0 Å². The lowest BCUT2D eigenvalue weighted by Gasteiger charge is -2.16. The molecule has 1 aromatic heterocycles. The first-order chi connectivity index (χ1) is 8.16. The summed E-state index contributed by atoms with van der Waals surface area (Å²) in [5.41, 5.74) is 1.02. The maximum absolute atomic E-state index is 6.12. The molecule has 1 aromatic carbocycles. The Morgan fingerprint density at radius 2 is 1.94 bits per heavy atom. The van der Waals surface area contributed by atoms with Gasteiger partial charge in [0.15, 0.2) is 0 Å². The zero-order valence-electron chi connectivity index (χ0n) is 9.19. The van der Waals surface area contributed by atoms with E-state index in [1.165, 1.54) is 6.33 Å². The van der Waals surface area contributed by atoms with Crippen LogP contribution in [0.25, 0.3) is 0 Å². The predicted molar refractivity (Wildman–Crippen MR) is 70.5 cm³/mol. The fourth-order valence-electron chi connectivity index (χ4n) is 1.54. The van der Waals surface area contributed by atoms with E-state index in [9.17, 15) is 0 Å². The standard InChI is InChI=1S/C12H11Cl2N3/c1-8(9-4-2-3-5-10(9)13)17-12-6-11(14)15-7-16-12/h2-8H,1H3,(H,15,16,17). The quantitative estimate of drug-likeness (QED) is 0.856. The molecule has 0 aliphatic heterocycles. The van der Waals surface area contributed by atoms with Crippen LogP contribution in [-0.4, -0.2) is 9.97 Å². The van der Waals surface area contributed by atoms with Gasteiger partial charge in [0.2, 0.25) is 0 Å². The minimum Gasteiger partial charge on any atom is -0.363 e. The van der Waals surface area contributed by atoms with E-state index in [0.717, 1.165) is 10.6 Å². The molecule has 0 fully saturated rings. The Kier molecular flexibility index (Phi) is 3.82. The molecule has 0 aliphatic rings. The molecule has 0 bridgehead atoms. The van der Waals surface area contributed by atoms with Gasteiger partial charge >= 0.3 is 0 Å². The molecule has 0 spiro atoms. The van der Waals surface area contributed by atoms with Crippen LogP contribution < -0.4 is 5.32 Å². The Bertz CT molecular complexity index is 517. The van der Waals surface area contributed by atoms with Crippen molar-refractivity contribution in [2.45, 2.75) is 13.0 Å². The third-order valence-electron chi connectivity index (χ3n) is 2.37. The van der Waals surface area contributed by atoms with Gasteiger partial charge in [-0.3, -0.25) is 0 Å². The second kappa shape index (κ2) is 5.34. The molecule has 1 atom stereocenters. The van der Waals surface area contributed by atoms with Crippen LogP contribution in [0.3, 0.4) is 0 Å². The van der Waals surface area contributed by atoms with Gasteiger partial charge in [-0.2, -0.15) is 0 Å². The van der Waals surface area contributed by atoms with E-state index in [2.05, 4.69) is 15.3 Å². The van der Waals surface area contributed by atoms with Crippen molar-refractivity contribution in [3.8, 4) is 0 Å². The highest BCUT2D eigenvalue weighted by atomic mass is 35.5. The molecule has 0 saturated heterocycles. The van der Waals surface area contributed by atoms with Crippen molar-refractivity contribution in [1.82, 2.24) is 9.97 Å². The number of nitrogens with zero attached hydrogens (tertiary/aromatic N) is 2. The predicted octanol–water partition coefficient (Wildman–Crippen LogP) is 3.96. The minimum atomic E-state index is 0.0506. The number of nitrogens with one attached hydrogen (secondary N) is 1. The summed E-state index contributed by atoms with van der Waals surface area (Å²) < 4.78 is 0. The van der Waals surface area contributed by atoms with Gasteiger partial charge in [0.05, 0.1) is 6.04 Å². The van der Waals surface area contributed by atoms with Crippen molar-refractivity contribution in [3.05, 3.63) is 52.4 Å². The molecule has 0 aliphatic carbocycles. The summed E-state index contributed by atoms with van der Waals surface area (Å²) in [4.78, 5) is 7.91. The minimum absolute atomic E-state index is 0.0506. The lowest BCUT2D eigenvalue weighted by atomic mass is 10.1. The number of rotatable bonds is 3. The van der Waals surface area contributed by atoms with Crippen LogP contribution in [0.2, 0.25) is 10.2 Å². The maximum Gasteiger partial charge on any atom is 0.134 e. The van der Waals surface area contributed by atoms with Gasteiger partial charge < -0.3 is 5.32 Å². The normalized spacial score (nSPS) is 12.2. The second-order valence-corrected chi connectivity index (χ2v) is 4.41. The van der Waals surface area contributed by atoms with Crippen LogP contribution >= 0.6 is 23.2 Å². The van der Waals surface area contributed by atoms with Gasteiger partial charge in [0.1, 0.15) is 17.3 Å².